The summed E-state index contributed by atoms with van der Waals surface area (Å²) in [4.78, 5) is 7.64. The first-order valence-electron chi connectivity index (χ1n) is 5.33. The van der Waals surface area contributed by atoms with Gasteiger partial charge in [0.1, 0.15) is 0 Å². The molecular weight excluding hydrogens is 232 g/mol. The van der Waals surface area contributed by atoms with E-state index in [1.165, 1.54) is 4.88 Å². The van der Waals surface area contributed by atoms with E-state index in [2.05, 4.69) is 9.88 Å². The molecule has 0 aliphatic rings. The lowest BCUT2D eigenvalue weighted by Gasteiger charge is -2.19. The zero-order valence-electron chi connectivity index (χ0n) is 9.97. The average molecular weight is 248 g/mol. The molecule has 0 aliphatic heterocycles. The van der Waals surface area contributed by atoms with Crippen LogP contribution in [0.3, 0.4) is 0 Å². The molecule has 4 N–H and O–H groups in total. The van der Waals surface area contributed by atoms with Crippen molar-refractivity contribution in [1.82, 2.24) is 4.98 Å². The van der Waals surface area contributed by atoms with E-state index in [9.17, 15) is 0 Å². The summed E-state index contributed by atoms with van der Waals surface area (Å²) < 4.78 is 0. The van der Waals surface area contributed by atoms with Crippen molar-refractivity contribution in [2.24, 2.45) is 0 Å². The smallest absolute Gasteiger partial charge is 0.0798 e. The molecule has 17 heavy (non-hydrogen) atoms. The molecule has 4 nitrogen and oxygen atoms in total. The van der Waals surface area contributed by atoms with Gasteiger partial charge >= 0.3 is 0 Å². The molecule has 5 heteroatoms. The predicted octanol–water partition coefficient (Wildman–Crippen LogP) is 2.25. The van der Waals surface area contributed by atoms with Gasteiger partial charge in [-0.3, -0.25) is 0 Å². The van der Waals surface area contributed by atoms with Crippen LogP contribution in [0.15, 0.2) is 23.7 Å². The Kier molecular flexibility index (Phi) is 3.19. The summed E-state index contributed by atoms with van der Waals surface area (Å²) in [6.07, 6.45) is 0. The zero-order valence-corrected chi connectivity index (χ0v) is 10.8. The molecule has 90 valence electrons. The summed E-state index contributed by atoms with van der Waals surface area (Å²) in [6, 6.07) is 5.70. The minimum atomic E-state index is 0.621. The third-order valence-corrected chi connectivity index (χ3v) is 3.66. The third-order valence-electron chi connectivity index (χ3n) is 2.74. The number of aryl methyl sites for hydroxylation is 1. The Bertz CT molecular complexity index is 521. The summed E-state index contributed by atoms with van der Waals surface area (Å²) in [5.41, 5.74) is 16.8. The van der Waals surface area contributed by atoms with E-state index in [1.54, 1.807) is 11.3 Å². The van der Waals surface area contributed by atoms with E-state index >= 15 is 0 Å². The number of nitrogens with zero attached hydrogens (tertiary/aromatic N) is 2. The van der Waals surface area contributed by atoms with E-state index in [0.717, 1.165) is 17.9 Å². The summed E-state index contributed by atoms with van der Waals surface area (Å²) in [7, 11) is 2.03. The van der Waals surface area contributed by atoms with Crippen molar-refractivity contribution < 1.29 is 0 Å². The maximum atomic E-state index is 5.80. The van der Waals surface area contributed by atoms with E-state index in [0.29, 0.717) is 11.4 Å². The van der Waals surface area contributed by atoms with Gasteiger partial charge in [0, 0.05) is 17.6 Å². The highest BCUT2D eigenvalue weighted by Crippen LogP contribution is 2.24. The van der Waals surface area contributed by atoms with Gasteiger partial charge in [0.15, 0.2) is 0 Å². The fraction of sp³-hybridized carbons (Fsp3) is 0.250. The van der Waals surface area contributed by atoms with Crippen LogP contribution >= 0.6 is 11.3 Å². The Balaban J connectivity index is 2.17. The molecule has 0 radical (unpaired) electrons. The standard InChI is InChI=1S/C12H16N4S/c1-8-12(17-7-15-8)6-16(2)9-3-4-10(13)11(14)5-9/h3-5,7H,6,13-14H2,1-2H3. The molecule has 0 amide bonds. The highest BCUT2D eigenvalue weighted by molar-refractivity contribution is 7.09. The van der Waals surface area contributed by atoms with Crippen LogP contribution in [-0.2, 0) is 6.54 Å². The van der Waals surface area contributed by atoms with Gasteiger partial charge in [0.05, 0.1) is 29.1 Å². The predicted molar refractivity (Wildman–Crippen MR) is 74.2 cm³/mol. The summed E-state index contributed by atoms with van der Waals surface area (Å²) in [6.45, 7) is 2.86. The maximum absolute atomic E-state index is 5.80. The minimum Gasteiger partial charge on any atom is -0.397 e. The van der Waals surface area contributed by atoms with Gasteiger partial charge in [-0.2, -0.15) is 0 Å². The second-order valence-corrected chi connectivity index (χ2v) is 4.97. The highest BCUT2D eigenvalue weighted by Gasteiger charge is 2.07. The normalized spacial score (nSPS) is 10.5. The van der Waals surface area contributed by atoms with E-state index in [1.807, 2.05) is 37.7 Å². The molecule has 0 saturated carbocycles. The van der Waals surface area contributed by atoms with Gasteiger partial charge in [-0.15, -0.1) is 11.3 Å². The summed E-state index contributed by atoms with van der Waals surface area (Å²) in [5.74, 6) is 0. The molecule has 0 saturated heterocycles. The average Bonchev–Trinajstić information content (AvgIpc) is 2.68. The molecule has 1 aromatic carbocycles. The van der Waals surface area contributed by atoms with Gasteiger partial charge in [0.2, 0.25) is 0 Å². The number of hydrogen-bond acceptors (Lipinski definition) is 5. The van der Waals surface area contributed by atoms with Crippen LogP contribution in [0.5, 0.6) is 0 Å². The number of anilines is 3. The fourth-order valence-corrected chi connectivity index (χ4v) is 2.41. The van der Waals surface area contributed by atoms with Crippen molar-refractivity contribution in [3.05, 3.63) is 34.3 Å². The van der Waals surface area contributed by atoms with Crippen LogP contribution in [-0.4, -0.2) is 12.0 Å². The Morgan fingerprint density at radius 1 is 1.29 bits per heavy atom. The third kappa shape index (κ3) is 2.50. The van der Waals surface area contributed by atoms with Gasteiger partial charge in [0.25, 0.3) is 0 Å². The van der Waals surface area contributed by atoms with Gasteiger partial charge in [-0.05, 0) is 25.1 Å². The number of thiazole rings is 1. The molecule has 0 atom stereocenters. The topological polar surface area (TPSA) is 68.2 Å². The van der Waals surface area contributed by atoms with E-state index in [4.69, 9.17) is 11.5 Å². The van der Waals surface area contributed by atoms with Gasteiger partial charge in [-0.25, -0.2) is 4.98 Å². The number of aromatic nitrogens is 1. The zero-order chi connectivity index (χ0) is 12.4. The Labute approximate surface area is 105 Å². The number of nitrogen functional groups attached to an aromatic ring is 2. The van der Waals surface area contributed by atoms with Crippen LogP contribution in [0.4, 0.5) is 17.1 Å². The van der Waals surface area contributed by atoms with Crippen molar-refractivity contribution in [2.45, 2.75) is 13.5 Å². The second kappa shape index (κ2) is 4.63. The van der Waals surface area contributed by atoms with E-state index < -0.39 is 0 Å². The van der Waals surface area contributed by atoms with Crippen LogP contribution in [0.25, 0.3) is 0 Å². The largest absolute Gasteiger partial charge is 0.397 e. The first-order valence-corrected chi connectivity index (χ1v) is 6.21. The number of hydrogen-bond donors (Lipinski definition) is 2. The van der Waals surface area contributed by atoms with Crippen molar-refractivity contribution in [1.29, 1.82) is 0 Å². The second-order valence-electron chi connectivity index (χ2n) is 4.03. The molecule has 0 aliphatic carbocycles. The van der Waals surface area contributed by atoms with Crippen LogP contribution in [0, 0.1) is 6.92 Å². The highest BCUT2D eigenvalue weighted by atomic mass is 32.1. The summed E-state index contributed by atoms with van der Waals surface area (Å²) in [5, 5.41) is 0. The molecule has 2 aromatic rings. The Hall–Kier alpha value is -1.75. The quantitative estimate of drug-likeness (QED) is 0.817. The van der Waals surface area contributed by atoms with Crippen molar-refractivity contribution in [3.8, 4) is 0 Å². The first kappa shape index (κ1) is 11.7. The van der Waals surface area contributed by atoms with Crippen LogP contribution in [0.2, 0.25) is 0 Å². The van der Waals surface area contributed by atoms with Crippen LogP contribution < -0.4 is 16.4 Å². The molecule has 1 heterocycles. The SMILES string of the molecule is Cc1ncsc1CN(C)c1ccc(N)c(N)c1. The van der Waals surface area contributed by atoms with E-state index in [-0.39, 0.29) is 0 Å². The molecule has 0 bridgehead atoms. The van der Waals surface area contributed by atoms with Crippen molar-refractivity contribution in [3.63, 3.8) is 0 Å². The number of rotatable bonds is 3. The molecular formula is C12H16N4S. The molecule has 0 spiro atoms. The van der Waals surface area contributed by atoms with Crippen molar-refractivity contribution in [2.75, 3.05) is 23.4 Å². The van der Waals surface area contributed by atoms with Crippen molar-refractivity contribution >= 4 is 28.4 Å². The van der Waals surface area contributed by atoms with Gasteiger partial charge < -0.3 is 16.4 Å². The first-order chi connectivity index (χ1) is 8.08. The molecule has 0 unspecified atom stereocenters. The molecule has 0 fully saturated rings. The van der Waals surface area contributed by atoms with Gasteiger partial charge in [-0.1, -0.05) is 0 Å². The lowest BCUT2D eigenvalue weighted by Crippen LogP contribution is -2.16. The summed E-state index contributed by atoms with van der Waals surface area (Å²) >= 11 is 1.67. The molecule has 1 aromatic heterocycles. The number of nitrogens with two attached hydrogens (primary N) is 2. The number of benzene rings is 1. The maximum Gasteiger partial charge on any atom is 0.0798 e. The van der Waals surface area contributed by atoms with Crippen LogP contribution in [0.1, 0.15) is 10.6 Å². The monoisotopic (exact) mass is 248 g/mol. The lowest BCUT2D eigenvalue weighted by molar-refractivity contribution is 0.926. The fourth-order valence-electron chi connectivity index (χ4n) is 1.58. The Morgan fingerprint density at radius 2 is 2.06 bits per heavy atom. The lowest BCUT2D eigenvalue weighted by atomic mass is 10.2. The minimum absolute atomic E-state index is 0.621. The Morgan fingerprint density at radius 3 is 2.65 bits per heavy atom. The molecule has 2 rings (SSSR count).